The van der Waals surface area contributed by atoms with Gasteiger partial charge in [-0.25, -0.2) is 8.42 Å². The minimum atomic E-state index is -3.30. The minimum Gasteiger partial charge on any atom is -0.384 e. The Morgan fingerprint density at radius 3 is 2.55 bits per heavy atom. The van der Waals surface area contributed by atoms with Gasteiger partial charge in [-0.1, -0.05) is 6.92 Å². The first-order chi connectivity index (χ1) is 9.49. The monoisotopic (exact) mass is 296 g/mol. The van der Waals surface area contributed by atoms with E-state index in [1.165, 1.54) is 24.3 Å². The van der Waals surface area contributed by atoms with Crippen molar-refractivity contribution >= 4 is 9.84 Å². The molecule has 0 spiro atoms. The van der Waals surface area contributed by atoms with Crippen molar-refractivity contribution in [1.29, 1.82) is 5.26 Å². The van der Waals surface area contributed by atoms with Gasteiger partial charge in [-0.05, 0) is 36.7 Å². The first-order valence-corrected chi connectivity index (χ1v) is 8.07. The summed E-state index contributed by atoms with van der Waals surface area (Å²) in [5.41, 5.74) is 0.454. The second kappa shape index (κ2) is 8.00. The predicted octanol–water partition coefficient (Wildman–Crippen LogP) is 1.20. The third-order valence-corrected chi connectivity index (χ3v) is 4.57. The Kier molecular flexibility index (Phi) is 6.65. The van der Waals surface area contributed by atoms with Crippen LogP contribution in [-0.4, -0.2) is 41.0 Å². The van der Waals surface area contributed by atoms with Crippen molar-refractivity contribution in [2.75, 3.05) is 32.6 Å². The van der Waals surface area contributed by atoms with Gasteiger partial charge in [0.15, 0.2) is 9.84 Å². The fraction of sp³-hybridized carbons (Fsp3) is 0.500. The van der Waals surface area contributed by atoms with Gasteiger partial charge in [0.25, 0.3) is 0 Å². The second-order valence-corrected chi connectivity index (χ2v) is 6.83. The number of nitriles is 1. The number of benzene rings is 1. The molecule has 0 radical (unpaired) electrons. The van der Waals surface area contributed by atoms with Gasteiger partial charge >= 0.3 is 0 Å². The quantitative estimate of drug-likeness (QED) is 0.729. The molecule has 110 valence electrons. The number of hydrogen-bond acceptors (Lipinski definition) is 5. The van der Waals surface area contributed by atoms with Gasteiger partial charge in [-0.15, -0.1) is 0 Å². The second-order valence-electron chi connectivity index (χ2n) is 4.72. The molecular formula is C14H20N2O3S. The molecule has 1 unspecified atom stereocenters. The number of nitrogens with one attached hydrogen (secondary N) is 1. The number of rotatable bonds is 8. The molecule has 0 bridgehead atoms. The van der Waals surface area contributed by atoms with Crippen molar-refractivity contribution in [2.45, 2.75) is 11.8 Å². The summed E-state index contributed by atoms with van der Waals surface area (Å²) >= 11 is 0. The standard InChI is InChI=1S/C14H20N2O3S/c1-12(11-19-2)10-16-7-8-20(17,18)14-5-3-13(9-15)4-6-14/h3-6,12,16H,7-8,10-11H2,1-2H3. The first kappa shape index (κ1) is 16.6. The zero-order valence-electron chi connectivity index (χ0n) is 11.8. The Bertz CT molecular complexity index is 547. The summed E-state index contributed by atoms with van der Waals surface area (Å²) in [5.74, 6) is 0.385. The predicted molar refractivity (Wildman–Crippen MR) is 77.1 cm³/mol. The van der Waals surface area contributed by atoms with Gasteiger partial charge in [-0.2, -0.15) is 5.26 Å². The fourth-order valence-electron chi connectivity index (χ4n) is 1.75. The van der Waals surface area contributed by atoms with Crippen LogP contribution in [0.4, 0.5) is 0 Å². The molecule has 0 saturated heterocycles. The molecule has 0 aliphatic rings. The Morgan fingerprint density at radius 2 is 2.00 bits per heavy atom. The van der Waals surface area contributed by atoms with Crippen LogP contribution in [0.2, 0.25) is 0 Å². The van der Waals surface area contributed by atoms with Crippen LogP contribution in [0.1, 0.15) is 12.5 Å². The lowest BCUT2D eigenvalue weighted by molar-refractivity contribution is 0.159. The topological polar surface area (TPSA) is 79.2 Å². The van der Waals surface area contributed by atoms with Gasteiger partial charge in [0, 0.05) is 20.3 Å². The fourth-order valence-corrected chi connectivity index (χ4v) is 2.95. The van der Waals surface area contributed by atoms with Crippen molar-refractivity contribution in [3.05, 3.63) is 29.8 Å². The summed E-state index contributed by atoms with van der Waals surface area (Å²) in [7, 11) is -1.65. The highest BCUT2D eigenvalue weighted by atomic mass is 32.2. The molecular weight excluding hydrogens is 276 g/mol. The van der Waals surface area contributed by atoms with E-state index in [1.807, 2.05) is 13.0 Å². The zero-order chi connectivity index (χ0) is 15.0. The minimum absolute atomic E-state index is 0.0403. The average molecular weight is 296 g/mol. The molecule has 0 heterocycles. The Morgan fingerprint density at radius 1 is 1.35 bits per heavy atom. The van der Waals surface area contributed by atoms with E-state index in [2.05, 4.69) is 5.32 Å². The Balaban J connectivity index is 2.47. The molecule has 1 aromatic carbocycles. The third kappa shape index (κ3) is 5.29. The van der Waals surface area contributed by atoms with Crippen LogP contribution in [0.15, 0.2) is 29.2 Å². The van der Waals surface area contributed by atoms with Crippen LogP contribution >= 0.6 is 0 Å². The largest absolute Gasteiger partial charge is 0.384 e. The Hall–Kier alpha value is -1.42. The molecule has 1 atom stereocenters. The lowest BCUT2D eigenvalue weighted by Crippen LogP contribution is -2.28. The van der Waals surface area contributed by atoms with Crippen molar-refractivity contribution in [3.63, 3.8) is 0 Å². The third-order valence-electron chi connectivity index (χ3n) is 2.83. The highest BCUT2D eigenvalue weighted by Gasteiger charge is 2.13. The molecule has 1 aromatic rings. The number of nitrogens with zero attached hydrogens (tertiary/aromatic N) is 1. The van der Waals surface area contributed by atoms with E-state index in [0.29, 0.717) is 24.6 Å². The summed E-state index contributed by atoms with van der Waals surface area (Å²) < 4.78 is 29.1. The molecule has 6 heteroatoms. The number of sulfone groups is 1. The van der Waals surface area contributed by atoms with E-state index in [-0.39, 0.29) is 10.6 Å². The number of ether oxygens (including phenoxy) is 1. The maximum absolute atomic E-state index is 12.1. The average Bonchev–Trinajstić information content (AvgIpc) is 2.44. The summed E-state index contributed by atoms with van der Waals surface area (Å²) in [6, 6.07) is 7.94. The van der Waals surface area contributed by atoms with Gasteiger partial charge in [-0.3, -0.25) is 0 Å². The normalized spacial score (nSPS) is 12.8. The SMILES string of the molecule is COCC(C)CNCCS(=O)(=O)c1ccc(C#N)cc1. The van der Waals surface area contributed by atoms with E-state index >= 15 is 0 Å². The van der Waals surface area contributed by atoms with Crippen LogP contribution in [-0.2, 0) is 14.6 Å². The van der Waals surface area contributed by atoms with Gasteiger partial charge in [0.1, 0.15) is 0 Å². The maximum Gasteiger partial charge on any atom is 0.179 e. The van der Waals surface area contributed by atoms with E-state index in [0.717, 1.165) is 6.54 Å². The smallest absolute Gasteiger partial charge is 0.179 e. The molecule has 1 rings (SSSR count). The molecule has 0 aliphatic heterocycles. The first-order valence-electron chi connectivity index (χ1n) is 6.42. The molecule has 20 heavy (non-hydrogen) atoms. The van der Waals surface area contributed by atoms with Crippen LogP contribution in [0.3, 0.4) is 0 Å². The van der Waals surface area contributed by atoms with Crippen LogP contribution < -0.4 is 5.32 Å². The molecule has 0 saturated carbocycles. The summed E-state index contributed by atoms with van der Waals surface area (Å²) in [4.78, 5) is 0.253. The lowest BCUT2D eigenvalue weighted by atomic mass is 10.2. The lowest BCUT2D eigenvalue weighted by Gasteiger charge is -2.11. The zero-order valence-corrected chi connectivity index (χ0v) is 12.6. The van der Waals surface area contributed by atoms with Crippen LogP contribution in [0, 0.1) is 17.2 Å². The molecule has 1 N–H and O–H groups in total. The van der Waals surface area contributed by atoms with Crippen LogP contribution in [0.5, 0.6) is 0 Å². The maximum atomic E-state index is 12.1. The van der Waals surface area contributed by atoms with E-state index in [9.17, 15) is 8.42 Å². The summed E-state index contributed by atoms with van der Waals surface area (Å²) in [6.45, 7) is 3.80. The highest BCUT2D eigenvalue weighted by Crippen LogP contribution is 2.11. The van der Waals surface area contributed by atoms with Crippen molar-refractivity contribution in [2.24, 2.45) is 5.92 Å². The van der Waals surface area contributed by atoms with Gasteiger partial charge < -0.3 is 10.1 Å². The van der Waals surface area contributed by atoms with E-state index in [4.69, 9.17) is 10.00 Å². The van der Waals surface area contributed by atoms with Gasteiger partial charge in [0.05, 0.1) is 22.3 Å². The van der Waals surface area contributed by atoms with Crippen molar-refractivity contribution in [3.8, 4) is 6.07 Å². The number of methoxy groups -OCH3 is 1. The molecule has 5 nitrogen and oxygen atoms in total. The Labute approximate surface area is 120 Å². The number of hydrogen-bond donors (Lipinski definition) is 1. The summed E-state index contributed by atoms with van der Waals surface area (Å²) in [6.07, 6.45) is 0. The van der Waals surface area contributed by atoms with Crippen molar-refractivity contribution < 1.29 is 13.2 Å². The van der Waals surface area contributed by atoms with Gasteiger partial charge in [0.2, 0.25) is 0 Å². The van der Waals surface area contributed by atoms with Crippen molar-refractivity contribution in [1.82, 2.24) is 5.32 Å². The molecule has 0 amide bonds. The molecule has 0 aromatic heterocycles. The summed E-state index contributed by atoms with van der Waals surface area (Å²) in [5, 5.41) is 11.8. The van der Waals surface area contributed by atoms with E-state index < -0.39 is 9.84 Å². The van der Waals surface area contributed by atoms with E-state index in [1.54, 1.807) is 7.11 Å². The highest BCUT2D eigenvalue weighted by molar-refractivity contribution is 7.91. The molecule has 0 fully saturated rings. The van der Waals surface area contributed by atoms with Crippen LogP contribution in [0.25, 0.3) is 0 Å². The molecule has 0 aliphatic carbocycles.